The van der Waals surface area contributed by atoms with Crippen LogP contribution >= 0.6 is 11.6 Å². The van der Waals surface area contributed by atoms with Crippen molar-refractivity contribution in [2.45, 2.75) is 43.1 Å². The van der Waals surface area contributed by atoms with Crippen LogP contribution in [0.5, 0.6) is 5.75 Å². The average Bonchev–Trinajstić information content (AvgIpc) is 2.78. The van der Waals surface area contributed by atoms with Gasteiger partial charge in [0, 0.05) is 11.3 Å². The number of hydrogen-bond donors (Lipinski definition) is 0. The zero-order valence-corrected chi connectivity index (χ0v) is 19.1. The molecule has 1 radical (unpaired) electrons. The lowest BCUT2D eigenvalue weighted by molar-refractivity contribution is 0.306. The molecule has 0 spiro atoms. The van der Waals surface area contributed by atoms with Gasteiger partial charge in [0.1, 0.15) is 12.4 Å². The van der Waals surface area contributed by atoms with Gasteiger partial charge >= 0.3 is 0 Å². The maximum absolute atomic E-state index is 12.1. The van der Waals surface area contributed by atoms with Crippen molar-refractivity contribution in [1.29, 1.82) is 0 Å². The Labute approximate surface area is 190 Å². The molecule has 3 aromatic carbocycles. The highest BCUT2D eigenvalue weighted by Crippen LogP contribution is 2.33. The van der Waals surface area contributed by atoms with E-state index in [0.29, 0.717) is 10.9 Å². The van der Waals surface area contributed by atoms with Crippen molar-refractivity contribution in [3.8, 4) is 16.9 Å². The minimum absolute atomic E-state index is 0.274. The normalized spacial score (nSPS) is 15.0. The minimum Gasteiger partial charge on any atom is -0.489 e. The molecular formula is C26H26ClO3S. The first-order valence-electron chi connectivity index (χ1n) is 10.6. The Bertz CT molecular complexity index is 1130. The van der Waals surface area contributed by atoms with Gasteiger partial charge in [0.15, 0.2) is 9.84 Å². The average molecular weight is 454 g/mol. The first-order valence-corrected chi connectivity index (χ1v) is 12.8. The highest BCUT2D eigenvalue weighted by Gasteiger charge is 2.16. The van der Waals surface area contributed by atoms with Gasteiger partial charge in [-0.1, -0.05) is 54.8 Å². The number of ether oxygens (including phenoxy) is 1. The van der Waals surface area contributed by atoms with Gasteiger partial charge in [0.05, 0.1) is 4.90 Å². The molecule has 1 atom stereocenters. The number of sulfone groups is 1. The standard InChI is InChI=1S/C26H26ClO3S/c1-31(28,29)25-15-16-26(21-7-11-23(27)12-8-21)22(17-25)18-30-24-13-9-20(10-14-24)19-5-3-2-4-6-19/h5,7-17,19H,2-4,6,18H2,1H3. The number of halogens is 1. The summed E-state index contributed by atoms with van der Waals surface area (Å²) in [7, 11) is -3.31. The molecule has 0 heterocycles. The Morgan fingerprint density at radius 3 is 2.35 bits per heavy atom. The van der Waals surface area contributed by atoms with Gasteiger partial charge < -0.3 is 4.74 Å². The van der Waals surface area contributed by atoms with E-state index in [0.717, 1.165) is 22.4 Å². The third kappa shape index (κ3) is 5.50. The van der Waals surface area contributed by atoms with Crippen LogP contribution in [-0.4, -0.2) is 14.7 Å². The van der Waals surface area contributed by atoms with E-state index in [1.165, 1.54) is 37.5 Å². The van der Waals surface area contributed by atoms with Crippen LogP contribution in [0.25, 0.3) is 11.1 Å². The van der Waals surface area contributed by atoms with Crippen molar-refractivity contribution < 1.29 is 13.2 Å². The number of rotatable bonds is 6. The van der Waals surface area contributed by atoms with Gasteiger partial charge in [-0.05, 0) is 83.8 Å². The molecule has 0 amide bonds. The second-order valence-corrected chi connectivity index (χ2v) is 10.5. The molecule has 31 heavy (non-hydrogen) atoms. The largest absolute Gasteiger partial charge is 0.489 e. The maximum Gasteiger partial charge on any atom is 0.175 e. The summed E-state index contributed by atoms with van der Waals surface area (Å²) in [6.45, 7) is 0.274. The first-order chi connectivity index (χ1) is 14.9. The van der Waals surface area contributed by atoms with E-state index in [9.17, 15) is 8.42 Å². The van der Waals surface area contributed by atoms with Gasteiger partial charge in [-0.3, -0.25) is 0 Å². The van der Waals surface area contributed by atoms with E-state index in [-0.39, 0.29) is 11.5 Å². The summed E-state index contributed by atoms with van der Waals surface area (Å²) in [4.78, 5) is 0.284. The van der Waals surface area contributed by atoms with Crippen molar-refractivity contribution in [2.24, 2.45) is 0 Å². The third-order valence-electron chi connectivity index (χ3n) is 5.78. The summed E-state index contributed by atoms with van der Waals surface area (Å²) >= 11 is 6.03. The molecule has 0 bridgehead atoms. The molecule has 1 unspecified atom stereocenters. The summed E-state index contributed by atoms with van der Waals surface area (Å²) in [5.74, 6) is 1.30. The van der Waals surface area contributed by atoms with Crippen LogP contribution in [0, 0.1) is 6.42 Å². The van der Waals surface area contributed by atoms with Crippen LogP contribution in [0.1, 0.15) is 42.7 Å². The highest BCUT2D eigenvalue weighted by atomic mass is 35.5. The van der Waals surface area contributed by atoms with Gasteiger partial charge in [0.25, 0.3) is 0 Å². The zero-order chi connectivity index (χ0) is 21.8. The number of benzene rings is 3. The van der Waals surface area contributed by atoms with Crippen LogP contribution in [-0.2, 0) is 16.4 Å². The SMILES string of the molecule is CS(=O)(=O)c1ccc(-c2ccc(Cl)cc2)c(COc2ccc(C3[CH]CCCC3)cc2)c1. The van der Waals surface area contributed by atoms with E-state index >= 15 is 0 Å². The Balaban J connectivity index is 1.56. The lowest BCUT2D eigenvalue weighted by atomic mass is 9.84. The molecule has 4 rings (SSSR count). The summed E-state index contributed by atoms with van der Waals surface area (Å²) in [5, 5.41) is 0.657. The molecular weight excluding hydrogens is 428 g/mol. The van der Waals surface area contributed by atoms with Crippen molar-refractivity contribution in [1.82, 2.24) is 0 Å². The second kappa shape index (κ2) is 9.46. The molecule has 161 valence electrons. The van der Waals surface area contributed by atoms with Crippen molar-refractivity contribution in [3.05, 3.63) is 89.3 Å². The fraction of sp³-hybridized carbons (Fsp3) is 0.269. The third-order valence-corrected chi connectivity index (χ3v) is 7.15. The van der Waals surface area contributed by atoms with Crippen LogP contribution in [0.15, 0.2) is 71.6 Å². The molecule has 0 saturated heterocycles. The van der Waals surface area contributed by atoms with Gasteiger partial charge in [-0.2, -0.15) is 0 Å². The predicted octanol–water partition coefficient (Wildman–Crippen LogP) is 6.85. The predicted molar refractivity (Wildman–Crippen MR) is 126 cm³/mol. The monoisotopic (exact) mass is 453 g/mol. The van der Waals surface area contributed by atoms with E-state index in [2.05, 4.69) is 18.6 Å². The van der Waals surface area contributed by atoms with Gasteiger partial charge in [0.2, 0.25) is 0 Å². The Morgan fingerprint density at radius 1 is 0.968 bits per heavy atom. The summed E-state index contributed by atoms with van der Waals surface area (Å²) in [6.07, 6.45) is 8.60. The van der Waals surface area contributed by atoms with Crippen LogP contribution in [0.4, 0.5) is 0 Å². The van der Waals surface area contributed by atoms with Gasteiger partial charge in [-0.25, -0.2) is 8.42 Å². The van der Waals surface area contributed by atoms with E-state index in [4.69, 9.17) is 16.3 Å². The van der Waals surface area contributed by atoms with E-state index in [1.807, 2.05) is 42.5 Å². The molecule has 1 saturated carbocycles. The smallest absolute Gasteiger partial charge is 0.175 e. The fourth-order valence-electron chi connectivity index (χ4n) is 4.05. The van der Waals surface area contributed by atoms with Crippen molar-refractivity contribution >= 4 is 21.4 Å². The topological polar surface area (TPSA) is 43.4 Å². The number of hydrogen-bond acceptors (Lipinski definition) is 3. The van der Waals surface area contributed by atoms with Crippen molar-refractivity contribution in [3.63, 3.8) is 0 Å². The maximum atomic E-state index is 12.1. The molecule has 0 N–H and O–H groups in total. The van der Waals surface area contributed by atoms with E-state index < -0.39 is 9.84 Å². The minimum atomic E-state index is -3.31. The molecule has 3 nitrogen and oxygen atoms in total. The molecule has 0 aromatic heterocycles. The van der Waals surface area contributed by atoms with Gasteiger partial charge in [-0.15, -0.1) is 0 Å². The lowest BCUT2D eigenvalue weighted by Gasteiger charge is -2.21. The molecule has 1 fully saturated rings. The van der Waals surface area contributed by atoms with Crippen LogP contribution in [0.3, 0.4) is 0 Å². The first kappa shape index (κ1) is 21.9. The lowest BCUT2D eigenvalue weighted by Crippen LogP contribution is -2.05. The summed E-state index contributed by atoms with van der Waals surface area (Å²) in [5.41, 5.74) is 4.03. The quantitative estimate of drug-likeness (QED) is 0.409. The Hall–Kier alpha value is -2.30. The molecule has 1 aliphatic rings. The van der Waals surface area contributed by atoms with Crippen molar-refractivity contribution in [2.75, 3.05) is 6.26 Å². The Kier molecular flexibility index (Phi) is 6.68. The van der Waals surface area contributed by atoms with Crippen LogP contribution in [0.2, 0.25) is 5.02 Å². The summed E-state index contributed by atoms with van der Waals surface area (Å²) in [6, 6.07) is 20.9. The molecule has 5 heteroatoms. The molecule has 1 aliphatic carbocycles. The van der Waals surface area contributed by atoms with Crippen LogP contribution < -0.4 is 4.74 Å². The fourth-order valence-corrected chi connectivity index (χ4v) is 4.85. The second-order valence-electron chi connectivity index (χ2n) is 8.08. The molecule has 0 aliphatic heterocycles. The van der Waals surface area contributed by atoms with E-state index in [1.54, 1.807) is 12.1 Å². The zero-order valence-electron chi connectivity index (χ0n) is 17.6. The highest BCUT2D eigenvalue weighted by molar-refractivity contribution is 7.90. The summed E-state index contributed by atoms with van der Waals surface area (Å²) < 4.78 is 30.2. The Morgan fingerprint density at radius 2 is 1.71 bits per heavy atom. The molecule has 3 aromatic rings.